The normalized spacial score (nSPS) is 21.0. The number of aliphatic hydroxyl groups excluding tert-OH is 1. The molecule has 0 aromatic heterocycles. The standard InChI is InChI=1S/C19H30N2O2/c1-16-6-5-9-18(14-16)15-20-19(23)21(12-13-22)11-10-17-7-3-2-4-8-17/h2-4,7-8,16,18,22H,5-6,9-15H2,1H3,(H,20,23). The van der Waals surface area contributed by atoms with Crippen molar-refractivity contribution in [1.29, 1.82) is 0 Å². The fourth-order valence-corrected chi connectivity index (χ4v) is 3.43. The van der Waals surface area contributed by atoms with Crippen molar-refractivity contribution in [2.75, 3.05) is 26.2 Å². The lowest BCUT2D eigenvalue weighted by Gasteiger charge is -2.28. The molecule has 0 radical (unpaired) electrons. The first kappa shape index (κ1) is 17.8. The smallest absolute Gasteiger partial charge is 0.317 e. The van der Waals surface area contributed by atoms with Gasteiger partial charge >= 0.3 is 6.03 Å². The van der Waals surface area contributed by atoms with E-state index in [0.717, 1.165) is 18.9 Å². The third-order valence-corrected chi connectivity index (χ3v) is 4.76. The molecule has 2 amide bonds. The van der Waals surface area contributed by atoms with Gasteiger partial charge in [0.2, 0.25) is 0 Å². The monoisotopic (exact) mass is 318 g/mol. The Hall–Kier alpha value is -1.55. The molecular weight excluding hydrogens is 288 g/mol. The molecule has 2 rings (SSSR count). The van der Waals surface area contributed by atoms with Crippen LogP contribution in [0.25, 0.3) is 0 Å². The molecule has 1 aliphatic rings. The predicted octanol–water partition coefficient (Wildman–Crippen LogP) is 3.06. The number of benzene rings is 1. The molecule has 1 aliphatic carbocycles. The number of rotatable bonds is 7. The number of carbonyl (C=O) groups is 1. The van der Waals surface area contributed by atoms with Crippen molar-refractivity contribution in [2.45, 2.75) is 39.0 Å². The molecule has 0 aliphatic heterocycles. The average molecular weight is 318 g/mol. The second-order valence-electron chi connectivity index (χ2n) is 6.77. The lowest BCUT2D eigenvalue weighted by Crippen LogP contribution is -2.44. The molecule has 128 valence electrons. The van der Waals surface area contributed by atoms with Crippen LogP contribution in [0.5, 0.6) is 0 Å². The van der Waals surface area contributed by atoms with Crippen molar-refractivity contribution in [3.8, 4) is 0 Å². The average Bonchev–Trinajstić information content (AvgIpc) is 2.57. The maximum atomic E-state index is 12.4. The zero-order valence-electron chi connectivity index (χ0n) is 14.2. The fraction of sp³-hybridized carbons (Fsp3) is 0.632. The highest BCUT2D eigenvalue weighted by atomic mass is 16.3. The van der Waals surface area contributed by atoms with Gasteiger partial charge in [-0.25, -0.2) is 4.79 Å². The molecule has 4 heteroatoms. The molecule has 0 bridgehead atoms. The molecule has 0 saturated heterocycles. The Kier molecular flexibility index (Phi) is 7.40. The summed E-state index contributed by atoms with van der Waals surface area (Å²) in [5.74, 6) is 1.38. The van der Waals surface area contributed by atoms with Crippen molar-refractivity contribution >= 4 is 6.03 Å². The van der Waals surface area contributed by atoms with Crippen LogP contribution in [0.15, 0.2) is 30.3 Å². The van der Waals surface area contributed by atoms with E-state index in [-0.39, 0.29) is 12.6 Å². The van der Waals surface area contributed by atoms with Gasteiger partial charge in [0.15, 0.2) is 0 Å². The summed E-state index contributed by atoms with van der Waals surface area (Å²) in [6.45, 7) is 4.09. The van der Waals surface area contributed by atoms with Gasteiger partial charge in [-0.3, -0.25) is 0 Å². The number of nitrogens with zero attached hydrogens (tertiary/aromatic N) is 1. The molecule has 2 unspecified atom stereocenters. The summed E-state index contributed by atoms with van der Waals surface area (Å²) in [7, 11) is 0. The summed E-state index contributed by atoms with van der Waals surface area (Å²) >= 11 is 0. The van der Waals surface area contributed by atoms with Crippen LogP contribution in [0.2, 0.25) is 0 Å². The lowest BCUT2D eigenvalue weighted by molar-refractivity contribution is 0.173. The minimum Gasteiger partial charge on any atom is -0.395 e. The van der Waals surface area contributed by atoms with Gasteiger partial charge in [0.25, 0.3) is 0 Å². The third kappa shape index (κ3) is 6.22. The third-order valence-electron chi connectivity index (χ3n) is 4.76. The van der Waals surface area contributed by atoms with Crippen LogP contribution in [0, 0.1) is 11.8 Å². The molecule has 4 nitrogen and oxygen atoms in total. The molecule has 1 aromatic rings. The summed E-state index contributed by atoms with van der Waals surface area (Å²) < 4.78 is 0. The molecule has 0 spiro atoms. The van der Waals surface area contributed by atoms with Crippen LogP contribution in [0.1, 0.15) is 38.2 Å². The Morgan fingerprint density at radius 3 is 2.74 bits per heavy atom. The summed E-state index contributed by atoms with van der Waals surface area (Å²) in [6, 6.07) is 10.1. The highest BCUT2D eigenvalue weighted by Gasteiger charge is 2.20. The maximum absolute atomic E-state index is 12.4. The summed E-state index contributed by atoms with van der Waals surface area (Å²) in [6.07, 6.45) is 5.84. The number of carbonyl (C=O) groups excluding carboxylic acids is 1. The molecule has 0 heterocycles. The van der Waals surface area contributed by atoms with Gasteiger partial charge in [0, 0.05) is 19.6 Å². The zero-order chi connectivity index (χ0) is 16.5. The van der Waals surface area contributed by atoms with Crippen LogP contribution >= 0.6 is 0 Å². The molecule has 1 aromatic carbocycles. The quantitative estimate of drug-likeness (QED) is 0.812. The Morgan fingerprint density at radius 2 is 2.04 bits per heavy atom. The van der Waals surface area contributed by atoms with Crippen molar-refractivity contribution in [3.05, 3.63) is 35.9 Å². The van der Waals surface area contributed by atoms with Crippen molar-refractivity contribution < 1.29 is 9.90 Å². The molecule has 2 N–H and O–H groups in total. The van der Waals surface area contributed by atoms with E-state index in [1.54, 1.807) is 4.90 Å². The van der Waals surface area contributed by atoms with Gasteiger partial charge in [0.1, 0.15) is 0 Å². The Balaban J connectivity index is 1.78. The van der Waals surface area contributed by atoms with Crippen LogP contribution in [0.4, 0.5) is 4.79 Å². The van der Waals surface area contributed by atoms with Crippen LogP contribution < -0.4 is 5.32 Å². The van der Waals surface area contributed by atoms with Crippen molar-refractivity contribution in [2.24, 2.45) is 11.8 Å². The van der Waals surface area contributed by atoms with Gasteiger partial charge in [-0.1, -0.05) is 50.1 Å². The minimum absolute atomic E-state index is 0.00265. The number of hydrogen-bond donors (Lipinski definition) is 2. The SMILES string of the molecule is CC1CCCC(CNC(=O)N(CCO)CCc2ccccc2)C1. The highest BCUT2D eigenvalue weighted by molar-refractivity contribution is 5.74. The molecule has 1 fully saturated rings. The minimum atomic E-state index is -0.0480. The van der Waals surface area contributed by atoms with Crippen molar-refractivity contribution in [3.63, 3.8) is 0 Å². The molecule has 1 saturated carbocycles. The lowest BCUT2D eigenvalue weighted by atomic mass is 9.82. The van der Waals surface area contributed by atoms with Gasteiger partial charge in [-0.2, -0.15) is 0 Å². The van der Waals surface area contributed by atoms with Crippen LogP contribution in [0.3, 0.4) is 0 Å². The Labute approximate surface area is 139 Å². The first-order valence-corrected chi connectivity index (χ1v) is 8.86. The fourth-order valence-electron chi connectivity index (χ4n) is 3.43. The number of urea groups is 1. The number of aliphatic hydroxyl groups is 1. The van der Waals surface area contributed by atoms with E-state index in [2.05, 4.69) is 24.4 Å². The summed E-state index contributed by atoms with van der Waals surface area (Å²) in [4.78, 5) is 14.1. The van der Waals surface area contributed by atoms with E-state index in [1.807, 2.05) is 18.2 Å². The Bertz CT molecular complexity index is 464. The van der Waals surface area contributed by atoms with Crippen LogP contribution in [-0.2, 0) is 6.42 Å². The second-order valence-corrected chi connectivity index (χ2v) is 6.77. The van der Waals surface area contributed by atoms with Gasteiger partial charge in [-0.05, 0) is 36.7 Å². The summed E-state index contributed by atoms with van der Waals surface area (Å²) in [5.41, 5.74) is 1.21. The number of nitrogens with one attached hydrogen (secondary N) is 1. The molecular formula is C19H30N2O2. The van der Waals surface area contributed by atoms with Crippen molar-refractivity contribution in [1.82, 2.24) is 10.2 Å². The number of hydrogen-bond acceptors (Lipinski definition) is 2. The van der Waals surface area contributed by atoms with Gasteiger partial charge < -0.3 is 15.3 Å². The first-order valence-electron chi connectivity index (χ1n) is 8.86. The maximum Gasteiger partial charge on any atom is 0.317 e. The number of amides is 2. The van der Waals surface area contributed by atoms with Gasteiger partial charge in [-0.15, -0.1) is 0 Å². The van der Waals surface area contributed by atoms with E-state index >= 15 is 0 Å². The molecule has 2 atom stereocenters. The second kappa shape index (κ2) is 9.56. The zero-order valence-corrected chi connectivity index (χ0v) is 14.2. The topological polar surface area (TPSA) is 52.6 Å². The highest BCUT2D eigenvalue weighted by Crippen LogP contribution is 2.27. The Morgan fingerprint density at radius 1 is 1.26 bits per heavy atom. The van der Waals surface area contributed by atoms with Gasteiger partial charge in [0.05, 0.1) is 6.61 Å². The molecule has 23 heavy (non-hydrogen) atoms. The van der Waals surface area contributed by atoms with E-state index in [9.17, 15) is 9.90 Å². The van der Waals surface area contributed by atoms with E-state index in [4.69, 9.17) is 0 Å². The van der Waals surface area contributed by atoms with E-state index in [0.29, 0.717) is 19.0 Å². The van der Waals surface area contributed by atoms with E-state index < -0.39 is 0 Å². The van der Waals surface area contributed by atoms with E-state index in [1.165, 1.54) is 31.2 Å². The first-order chi connectivity index (χ1) is 11.2. The largest absolute Gasteiger partial charge is 0.395 e. The summed E-state index contributed by atoms with van der Waals surface area (Å²) in [5, 5.41) is 12.3. The van der Waals surface area contributed by atoms with Crippen LogP contribution in [-0.4, -0.2) is 42.3 Å². The predicted molar refractivity (Wildman–Crippen MR) is 93.3 cm³/mol.